The maximum absolute atomic E-state index is 13.3. The van der Waals surface area contributed by atoms with Crippen LogP contribution in [0.3, 0.4) is 0 Å². The van der Waals surface area contributed by atoms with E-state index in [9.17, 15) is 9.18 Å². The minimum atomic E-state index is -0.445. The van der Waals surface area contributed by atoms with Crippen LogP contribution in [0.2, 0.25) is 0 Å². The molecule has 0 saturated heterocycles. The highest BCUT2D eigenvalue weighted by Crippen LogP contribution is 2.45. The summed E-state index contributed by atoms with van der Waals surface area (Å²) in [5.41, 5.74) is 6.24. The highest BCUT2D eigenvalue weighted by molar-refractivity contribution is 5.94. The number of carbonyl (C=O) groups excluding carboxylic acids is 1. The maximum Gasteiger partial charge on any atom is 0.255 e. The van der Waals surface area contributed by atoms with Crippen molar-refractivity contribution >= 4 is 5.91 Å². The van der Waals surface area contributed by atoms with Gasteiger partial charge in [0.25, 0.3) is 5.91 Å². The van der Waals surface area contributed by atoms with Crippen molar-refractivity contribution in [3.8, 4) is 0 Å². The number of furan rings is 1. The third-order valence-electron chi connectivity index (χ3n) is 3.60. The van der Waals surface area contributed by atoms with Gasteiger partial charge in [0.05, 0.1) is 17.6 Å². The van der Waals surface area contributed by atoms with Crippen LogP contribution in [-0.2, 0) is 12.1 Å². The Morgan fingerprint density at radius 2 is 2.20 bits per heavy atom. The predicted molar refractivity (Wildman–Crippen MR) is 71.4 cm³/mol. The van der Waals surface area contributed by atoms with Crippen LogP contribution in [0.5, 0.6) is 0 Å². The summed E-state index contributed by atoms with van der Waals surface area (Å²) in [7, 11) is 0. The number of halogens is 1. The molecule has 1 amide bonds. The molecular weight excluding hydrogens is 259 g/mol. The van der Waals surface area contributed by atoms with Gasteiger partial charge in [-0.25, -0.2) is 4.39 Å². The number of benzene rings is 1. The zero-order valence-electron chi connectivity index (χ0n) is 10.9. The fourth-order valence-corrected chi connectivity index (χ4v) is 2.29. The van der Waals surface area contributed by atoms with Crippen molar-refractivity contribution < 1.29 is 13.6 Å². The van der Waals surface area contributed by atoms with E-state index >= 15 is 0 Å². The van der Waals surface area contributed by atoms with Gasteiger partial charge in [0, 0.05) is 0 Å². The maximum atomic E-state index is 13.3. The summed E-state index contributed by atoms with van der Waals surface area (Å²) in [5.74, 6) is 0.0396. The average Bonchev–Trinajstić information content (AvgIpc) is 3.06. The van der Waals surface area contributed by atoms with Crippen molar-refractivity contribution in [3.63, 3.8) is 0 Å². The zero-order chi connectivity index (χ0) is 14.2. The second kappa shape index (κ2) is 4.76. The first kappa shape index (κ1) is 12.9. The molecule has 1 aliphatic rings. The molecule has 0 radical (unpaired) electrons. The molecule has 0 atom stereocenters. The highest BCUT2D eigenvalue weighted by atomic mass is 19.1. The van der Waals surface area contributed by atoms with Gasteiger partial charge >= 0.3 is 0 Å². The molecule has 0 aliphatic heterocycles. The van der Waals surface area contributed by atoms with Crippen LogP contribution < -0.4 is 11.1 Å². The summed E-state index contributed by atoms with van der Waals surface area (Å²) in [6, 6.07) is 7.97. The van der Waals surface area contributed by atoms with Crippen LogP contribution in [0.25, 0.3) is 0 Å². The van der Waals surface area contributed by atoms with Crippen molar-refractivity contribution in [3.05, 3.63) is 59.3 Å². The van der Waals surface area contributed by atoms with E-state index in [0.717, 1.165) is 18.4 Å². The lowest BCUT2D eigenvalue weighted by Gasteiger charge is -2.17. The van der Waals surface area contributed by atoms with E-state index in [1.807, 2.05) is 6.07 Å². The van der Waals surface area contributed by atoms with E-state index < -0.39 is 5.54 Å². The van der Waals surface area contributed by atoms with E-state index in [-0.39, 0.29) is 18.3 Å². The second-order valence-electron chi connectivity index (χ2n) is 5.05. The predicted octanol–water partition coefficient (Wildman–Crippen LogP) is 2.30. The van der Waals surface area contributed by atoms with Crippen LogP contribution >= 0.6 is 0 Å². The summed E-state index contributed by atoms with van der Waals surface area (Å²) < 4.78 is 18.4. The highest BCUT2D eigenvalue weighted by Gasteiger charge is 2.46. The molecule has 1 aromatic heterocycles. The molecule has 0 spiro atoms. The Hall–Kier alpha value is -2.14. The van der Waals surface area contributed by atoms with E-state index in [2.05, 4.69) is 5.32 Å². The number of rotatable bonds is 4. The molecule has 0 unspecified atom stereocenters. The standard InChI is InChI=1S/C15H15FN2O2/c16-12-3-1-2-11(7-12)15(4-5-15)18-14(19)10-6-13(8-17)20-9-10/h1-3,6-7,9H,4-5,8,17H2,(H,18,19). The number of hydrogen-bond donors (Lipinski definition) is 2. The van der Waals surface area contributed by atoms with Crippen molar-refractivity contribution in [1.82, 2.24) is 5.32 Å². The Kier molecular flexibility index (Phi) is 3.06. The molecule has 3 rings (SSSR count). The summed E-state index contributed by atoms with van der Waals surface area (Å²) in [6.45, 7) is 0.252. The lowest BCUT2D eigenvalue weighted by atomic mass is 10.0. The van der Waals surface area contributed by atoms with Gasteiger partial charge in [-0.3, -0.25) is 4.79 Å². The van der Waals surface area contributed by atoms with Crippen LogP contribution in [0.1, 0.15) is 34.5 Å². The van der Waals surface area contributed by atoms with Gasteiger partial charge in [0.15, 0.2) is 0 Å². The molecule has 1 aliphatic carbocycles. The Labute approximate surface area is 115 Å². The van der Waals surface area contributed by atoms with Gasteiger partial charge in [0.2, 0.25) is 0 Å². The van der Waals surface area contributed by atoms with Crippen LogP contribution in [0, 0.1) is 5.82 Å². The first-order valence-electron chi connectivity index (χ1n) is 6.49. The lowest BCUT2D eigenvalue weighted by molar-refractivity contribution is 0.0930. The Morgan fingerprint density at radius 1 is 1.40 bits per heavy atom. The Balaban J connectivity index is 1.78. The number of nitrogens with two attached hydrogens (primary N) is 1. The minimum Gasteiger partial charge on any atom is -0.467 e. The first-order valence-corrected chi connectivity index (χ1v) is 6.49. The monoisotopic (exact) mass is 274 g/mol. The molecule has 3 N–H and O–H groups in total. The first-order chi connectivity index (χ1) is 9.63. The summed E-state index contributed by atoms with van der Waals surface area (Å²) in [5, 5.41) is 2.96. The van der Waals surface area contributed by atoms with Crippen molar-refractivity contribution in [2.45, 2.75) is 24.9 Å². The molecule has 20 heavy (non-hydrogen) atoms. The Bertz CT molecular complexity index is 647. The SMILES string of the molecule is NCc1cc(C(=O)NC2(c3cccc(F)c3)CC2)co1. The van der Waals surface area contributed by atoms with Gasteiger partial charge in [-0.05, 0) is 36.6 Å². The van der Waals surface area contributed by atoms with E-state index in [0.29, 0.717) is 11.3 Å². The van der Waals surface area contributed by atoms with E-state index in [1.165, 1.54) is 18.4 Å². The third kappa shape index (κ3) is 2.32. The van der Waals surface area contributed by atoms with Gasteiger partial charge in [-0.15, -0.1) is 0 Å². The quantitative estimate of drug-likeness (QED) is 0.898. The molecule has 104 valence electrons. The van der Waals surface area contributed by atoms with E-state index in [1.54, 1.807) is 12.1 Å². The Morgan fingerprint density at radius 3 is 2.80 bits per heavy atom. The fourth-order valence-electron chi connectivity index (χ4n) is 2.29. The molecule has 1 saturated carbocycles. The molecule has 2 aromatic rings. The molecule has 4 nitrogen and oxygen atoms in total. The van der Waals surface area contributed by atoms with Gasteiger partial charge in [-0.2, -0.15) is 0 Å². The molecule has 0 bridgehead atoms. The average molecular weight is 274 g/mol. The summed E-state index contributed by atoms with van der Waals surface area (Å²) in [6.07, 6.45) is 3.01. The van der Waals surface area contributed by atoms with Crippen LogP contribution in [0.15, 0.2) is 41.0 Å². The molecule has 5 heteroatoms. The van der Waals surface area contributed by atoms with Crippen LogP contribution in [0.4, 0.5) is 4.39 Å². The van der Waals surface area contributed by atoms with Gasteiger partial charge in [0.1, 0.15) is 17.8 Å². The number of nitrogens with one attached hydrogen (secondary N) is 1. The molecule has 1 aromatic carbocycles. The number of amides is 1. The summed E-state index contributed by atoms with van der Waals surface area (Å²) >= 11 is 0. The van der Waals surface area contributed by atoms with E-state index in [4.69, 9.17) is 10.2 Å². The topological polar surface area (TPSA) is 68.3 Å². The largest absolute Gasteiger partial charge is 0.467 e. The molecule has 1 fully saturated rings. The number of hydrogen-bond acceptors (Lipinski definition) is 3. The van der Waals surface area contributed by atoms with Crippen molar-refractivity contribution in [2.75, 3.05) is 0 Å². The normalized spacial score (nSPS) is 15.9. The van der Waals surface area contributed by atoms with Crippen LogP contribution in [-0.4, -0.2) is 5.91 Å². The van der Waals surface area contributed by atoms with Crippen molar-refractivity contribution in [2.24, 2.45) is 5.73 Å². The smallest absolute Gasteiger partial charge is 0.255 e. The minimum absolute atomic E-state index is 0.227. The summed E-state index contributed by atoms with van der Waals surface area (Å²) in [4.78, 5) is 12.2. The fraction of sp³-hybridized carbons (Fsp3) is 0.267. The van der Waals surface area contributed by atoms with Gasteiger partial charge in [-0.1, -0.05) is 12.1 Å². The molecule has 1 heterocycles. The zero-order valence-corrected chi connectivity index (χ0v) is 10.9. The molecular formula is C15H15FN2O2. The second-order valence-corrected chi connectivity index (χ2v) is 5.05. The number of carbonyl (C=O) groups is 1. The van der Waals surface area contributed by atoms with Gasteiger partial charge < -0.3 is 15.5 Å². The third-order valence-corrected chi connectivity index (χ3v) is 3.60. The lowest BCUT2D eigenvalue weighted by Crippen LogP contribution is -2.34. The van der Waals surface area contributed by atoms with Crippen molar-refractivity contribution in [1.29, 1.82) is 0 Å².